The summed E-state index contributed by atoms with van der Waals surface area (Å²) in [4.78, 5) is 41.1. The summed E-state index contributed by atoms with van der Waals surface area (Å²) in [5, 5.41) is 11.7. The first-order valence-electron chi connectivity index (χ1n) is 7.19. The molecule has 0 aliphatic carbocycles. The van der Waals surface area contributed by atoms with Crippen LogP contribution < -0.4 is 4.90 Å². The Labute approximate surface area is 149 Å². The number of carbonyl (C=O) groups is 2. The Morgan fingerprint density at radius 2 is 1.80 bits per heavy atom. The van der Waals surface area contributed by atoms with Gasteiger partial charge in [0.2, 0.25) is 0 Å². The second kappa shape index (κ2) is 5.45. The van der Waals surface area contributed by atoms with E-state index in [-0.39, 0.29) is 16.8 Å². The monoisotopic (exact) mass is 397 g/mol. The number of benzene rings is 2. The Morgan fingerprint density at radius 3 is 2.56 bits per heavy atom. The fourth-order valence-electron chi connectivity index (χ4n) is 2.86. The number of anilines is 1. The molecule has 0 atom stereocenters. The molecule has 1 aliphatic rings. The van der Waals surface area contributed by atoms with Crippen LogP contribution in [0.2, 0.25) is 0 Å². The summed E-state index contributed by atoms with van der Waals surface area (Å²) in [6.45, 7) is 0. The van der Waals surface area contributed by atoms with Crippen LogP contribution in [-0.2, 0) is 0 Å². The SMILES string of the molecule is O=C1c2ccc([N+](=O)[O-])cc2C(=O)N1c1ccc(Br)c2cccnc12. The van der Waals surface area contributed by atoms with Crippen LogP contribution in [0.4, 0.5) is 11.4 Å². The number of non-ortho nitro benzene ring substituents is 1. The molecule has 1 aliphatic heterocycles. The van der Waals surface area contributed by atoms with Crippen LogP contribution in [0.5, 0.6) is 0 Å². The van der Waals surface area contributed by atoms with Crippen molar-refractivity contribution in [3.63, 3.8) is 0 Å². The molecule has 0 saturated heterocycles. The third kappa shape index (κ3) is 2.22. The van der Waals surface area contributed by atoms with Crippen LogP contribution in [0.15, 0.2) is 53.1 Å². The number of hydrogen-bond donors (Lipinski definition) is 0. The molecule has 2 amide bonds. The zero-order valence-corrected chi connectivity index (χ0v) is 14.1. The molecule has 4 rings (SSSR count). The quantitative estimate of drug-likeness (QED) is 0.373. The minimum absolute atomic E-state index is 0.0196. The average Bonchev–Trinajstić information content (AvgIpc) is 2.86. The summed E-state index contributed by atoms with van der Waals surface area (Å²) in [7, 11) is 0. The molecule has 1 aromatic heterocycles. The Balaban J connectivity index is 1.91. The molecule has 0 spiro atoms. The molecular formula is C17H8BrN3O4. The van der Waals surface area contributed by atoms with E-state index in [0.717, 1.165) is 20.8 Å². The number of imide groups is 1. The van der Waals surface area contributed by atoms with Gasteiger partial charge >= 0.3 is 0 Å². The van der Waals surface area contributed by atoms with Crippen LogP contribution in [-0.4, -0.2) is 21.7 Å². The van der Waals surface area contributed by atoms with E-state index in [1.165, 1.54) is 12.1 Å². The molecule has 0 fully saturated rings. The number of amides is 2. The van der Waals surface area contributed by atoms with Gasteiger partial charge in [-0.25, -0.2) is 4.90 Å². The van der Waals surface area contributed by atoms with Crippen molar-refractivity contribution in [2.75, 3.05) is 4.90 Å². The lowest BCUT2D eigenvalue weighted by Gasteiger charge is -2.16. The highest BCUT2D eigenvalue weighted by atomic mass is 79.9. The number of halogens is 1. The predicted octanol–water partition coefficient (Wildman–Crippen LogP) is 3.71. The zero-order valence-electron chi connectivity index (χ0n) is 12.5. The van der Waals surface area contributed by atoms with E-state index in [2.05, 4.69) is 20.9 Å². The molecule has 2 heterocycles. The van der Waals surface area contributed by atoms with Crippen molar-refractivity contribution in [1.29, 1.82) is 0 Å². The lowest BCUT2D eigenvalue weighted by Crippen LogP contribution is -2.29. The summed E-state index contributed by atoms with van der Waals surface area (Å²) in [5.41, 5.74) is 0.753. The summed E-state index contributed by atoms with van der Waals surface area (Å²) >= 11 is 3.42. The van der Waals surface area contributed by atoms with Gasteiger partial charge in [0.25, 0.3) is 17.5 Å². The number of carbonyl (C=O) groups excluding carboxylic acids is 2. The molecule has 0 bridgehead atoms. The fraction of sp³-hybridized carbons (Fsp3) is 0. The number of pyridine rings is 1. The largest absolute Gasteiger partial charge is 0.270 e. The number of fused-ring (bicyclic) bond motifs is 2. The van der Waals surface area contributed by atoms with Gasteiger partial charge in [0.05, 0.1) is 27.3 Å². The third-order valence-corrected chi connectivity index (χ3v) is 4.71. The summed E-state index contributed by atoms with van der Waals surface area (Å²) in [6.07, 6.45) is 1.57. The van der Waals surface area contributed by atoms with E-state index in [9.17, 15) is 19.7 Å². The Kier molecular flexibility index (Phi) is 3.36. The van der Waals surface area contributed by atoms with Gasteiger partial charge in [-0.2, -0.15) is 0 Å². The second-order valence-corrected chi connectivity index (χ2v) is 6.25. The maximum atomic E-state index is 12.8. The maximum Gasteiger partial charge on any atom is 0.270 e. The van der Waals surface area contributed by atoms with Gasteiger partial charge in [-0.15, -0.1) is 0 Å². The number of aromatic nitrogens is 1. The van der Waals surface area contributed by atoms with E-state index >= 15 is 0 Å². The molecule has 2 aromatic carbocycles. The first-order valence-corrected chi connectivity index (χ1v) is 7.99. The molecule has 3 aromatic rings. The Hall–Kier alpha value is -3.13. The van der Waals surface area contributed by atoms with Gasteiger partial charge in [0.15, 0.2) is 0 Å². The molecule has 0 radical (unpaired) electrons. The summed E-state index contributed by atoms with van der Waals surface area (Å²) in [6, 6.07) is 10.6. The second-order valence-electron chi connectivity index (χ2n) is 5.40. The van der Waals surface area contributed by atoms with E-state index in [1.54, 1.807) is 24.4 Å². The molecule has 122 valence electrons. The Bertz CT molecular complexity index is 1100. The molecule has 0 N–H and O–H groups in total. The first kappa shape index (κ1) is 15.4. The van der Waals surface area contributed by atoms with Crippen molar-refractivity contribution in [2.45, 2.75) is 0 Å². The topological polar surface area (TPSA) is 93.4 Å². The van der Waals surface area contributed by atoms with Crippen molar-refractivity contribution in [3.8, 4) is 0 Å². The standard InChI is InChI=1S/C17H8BrN3O4/c18-13-5-6-14(15-11(13)2-1-7-19-15)20-16(22)10-4-3-9(21(24)25)8-12(10)17(20)23/h1-8H. The molecule has 25 heavy (non-hydrogen) atoms. The van der Waals surface area contributed by atoms with Crippen molar-refractivity contribution >= 4 is 50.0 Å². The van der Waals surface area contributed by atoms with Gasteiger partial charge in [-0.05, 0) is 24.3 Å². The highest BCUT2D eigenvalue weighted by Gasteiger charge is 2.38. The highest BCUT2D eigenvalue weighted by molar-refractivity contribution is 9.10. The zero-order chi connectivity index (χ0) is 17.7. The van der Waals surface area contributed by atoms with Crippen molar-refractivity contribution in [3.05, 3.63) is 74.4 Å². The van der Waals surface area contributed by atoms with Crippen molar-refractivity contribution in [2.24, 2.45) is 0 Å². The van der Waals surface area contributed by atoms with Gasteiger partial charge in [0.1, 0.15) is 0 Å². The first-order chi connectivity index (χ1) is 12.0. The summed E-state index contributed by atoms with van der Waals surface area (Å²) < 4.78 is 0.784. The smallest absolute Gasteiger partial charge is 0.268 e. The summed E-state index contributed by atoms with van der Waals surface area (Å²) in [5.74, 6) is -1.12. The van der Waals surface area contributed by atoms with Crippen LogP contribution in [0.1, 0.15) is 20.7 Å². The van der Waals surface area contributed by atoms with E-state index in [4.69, 9.17) is 0 Å². The molecule has 8 heteroatoms. The van der Waals surface area contributed by atoms with Crippen LogP contribution >= 0.6 is 15.9 Å². The Morgan fingerprint density at radius 1 is 1.04 bits per heavy atom. The van der Waals surface area contributed by atoms with Gasteiger partial charge in [0, 0.05) is 28.2 Å². The van der Waals surface area contributed by atoms with Crippen LogP contribution in [0.3, 0.4) is 0 Å². The molecule has 7 nitrogen and oxygen atoms in total. The lowest BCUT2D eigenvalue weighted by molar-refractivity contribution is -0.384. The highest BCUT2D eigenvalue weighted by Crippen LogP contribution is 2.36. The average molecular weight is 398 g/mol. The predicted molar refractivity (Wildman–Crippen MR) is 93.7 cm³/mol. The molecule has 0 saturated carbocycles. The van der Waals surface area contributed by atoms with Gasteiger partial charge < -0.3 is 0 Å². The maximum absolute atomic E-state index is 12.8. The number of nitrogens with zero attached hydrogens (tertiary/aromatic N) is 3. The number of rotatable bonds is 2. The minimum atomic E-state index is -0.600. The van der Waals surface area contributed by atoms with Crippen LogP contribution in [0, 0.1) is 10.1 Å². The van der Waals surface area contributed by atoms with Gasteiger partial charge in [-0.3, -0.25) is 24.7 Å². The normalized spacial score (nSPS) is 13.4. The molecular weight excluding hydrogens is 390 g/mol. The number of nitro groups is 1. The van der Waals surface area contributed by atoms with Crippen LogP contribution in [0.25, 0.3) is 10.9 Å². The lowest BCUT2D eigenvalue weighted by atomic mass is 10.1. The van der Waals surface area contributed by atoms with Gasteiger partial charge in [-0.1, -0.05) is 22.0 Å². The van der Waals surface area contributed by atoms with Crippen molar-refractivity contribution < 1.29 is 14.5 Å². The number of nitro benzene ring substituents is 1. The minimum Gasteiger partial charge on any atom is -0.268 e. The third-order valence-electron chi connectivity index (χ3n) is 4.02. The van der Waals surface area contributed by atoms with E-state index in [1.807, 2.05) is 6.07 Å². The van der Waals surface area contributed by atoms with E-state index in [0.29, 0.717) is 11.2 Å². The molecule has 0 unspecified atom stereocenters. The fourth-order valence-corrected chi connectivity index (χ4v) is 3.32. The van der Waals surface area contributed by atoms with Crippen molar-refractivity contribution in [1.82, 2.24) is 4.98 Å². The number of hydrogen-bond acceptors (Lipinski definition) is 5. The van der Waals surface area contributed by atoms with E-state index < -0.39 is 16.7 Å².